The lowest BCUT2D eigenvalue weighted by Gasteiger charge is -2.39. The lowest BCUT2D eigenvalue weighted by molar-refractivity contribution is -0.134. The number of carbonyl (C=O) groups excluding carboxylic acids is 1. The average Bonchev–Trinajstić information content (AvgIpc) is 3.01. The standard InChI is InChI=1S/C17H28N4OS2/c1-12-7-6-8-13(2)21(12)15(22)11-23-17-20-19-16(24-17)18-14-9-4-3-5-10-14/h12-14H,3-11H2,1-2H3,(H,18,19)/t12-,13-/m0/s1. The largest absolute Gasteiger partial charge is 0.357 e. The Kier molecular flexibility index (Phi) is 6.38. The van der Waals surface area contributed by atoms with E-state index in [-0.39, 0.29) is 5.91 Å². The highest BCUT2D eigenvalue weighted by Gasteiger charge is 2.28. The van der Waals surface area contributed by atoms with Crippen molar-refractivity contribution in [2.45, 2.75) is 87.7 Å². The molecular formula is C17H28N4OS2. The van der Waals surface area contributed by atoms with E-state index in [0.717, 1.165) is 22.3 Å². The predicted octanol–water partition coefficient (Wildman–Crippen LogP) is 4.16. The van der Waals surface area contributed by atoms with Crippen molar-refractivity contribution < 1.29 is 4.79 Å². The Balaban J connectivity index is 1.48. The first-order chi connectivity index (χ1) is 11.6. The van der Waals surface area contributed by atoms with Crippen LogP contribution in [0.5, 0.6) is 0 Å². The summed E-state index contributed by atoms with van der Waals surface area (Å²) in [5.41, 5.74) is 0. The fourth-order valence-electron chi connectivity index (χ4n) is 3.86. The summed E-state index contributed by atoms with van der Waals surface area (Å²) in [7, 11) is 0. The number of hydrogen-bond donors (Lipinski definition) is 1. The van der Waals surface area contributed by atoms with Crippen LogP contribution in [0, 0.1) is 0 Å². The second-order valence-electron chi connectivity index (χ2n) is 7.07. The minimum absolute atomic E-state index is 0.233. The number of rotatable bonds is 5. The van der Waals surface area contributed by atoms with Gasteiger partial charge in [-0.05, 0) is 46.0 Å². The molecule has 2 aliphatic rings. The number of anilines is 1. The fourth-order valence-corrected chi connectivity index (χ4v) is 5.56. The zero-order valence-corrected chi connectivity index (χ0v) is 16.3. The van der Waals surface area contributed by atoms with Gasteiger partial charge in [0.2, 0.25) is 11.0 Å². The minimum atomic E-state index is 0.233. The van der Waals surface area contributed by atoms with Crippen LogP contribution < -0.4 is 5.32 Å². The maximum Gasteiger partial charge on any atom is 0.233 e. The van der Waals surface area contributed by atoms with E-state index < -0.39 is 0 Å². The average molecular weight is 369 g/mol. The molecule has 0 spiro atoms. The van der Waals surface area contributed by atoms with E-state index >= 15 is 0 Å². The van der Waals surface area contributed by atoms with Gasteiger partial charge in [0.05, 0.1) is 5.75 Å². The van der Waals surface area contributed by atoms with Gasteiger partial charge in [0.15, 0.2) is 4.34 Å². The summed E-state index contributed by atoms with van der Waals surface area (Å²) in [6, 6.07) is 1.26. The summed E-state index contributed by atoms with van der Waals surface area (Å²) in [5.74, 6) is 0.698. The molecular weight excluding hydrogens is 340 g/mol. The van der Waals surface area contributed by atoms with Crippen molar-refractivity contribution in [2.24, 2.45) is 0 Å². The lowest BCUT2D eigenvalue weighted by Crippen LogP contribution is -2.48. The van der Waals surface area contributed by atoms with Crippen LogP contribution in [-0.2, 0) is 4.79 Å². The Morgan fingerprint density at radius 2 is 1.83 bits per heavy atom. The SMILES string of the molecule is C[C@H]1CCC[C@H](C)N1C(=O)CSc1nnc(NC2CCCCC2)s1. The molecule has 1 N–H and O–H groups in total. The van der Waals surface area contributed by atoms with Crippen molar-refractivity contribution >= 4 is 34.1 Å². The molecule has 1 aromatic heterocycles. The number of nitrogens with one attached hydrogen (secondary N) is 1. The summed E-state index contributed by atoms with van der Waals surface area (Å²) in [6.07, 6.45) is 9.88. The molecule has 1 saturated heterocycles. The van der Waals surface area contributed by atoms with Crippen molar-refractivity contribution in [1.29, 1.82) is 0 Å². The molecule has 2 fully saturated rings. The van der Waals surface area contributed by atoms with E-state index in [1.165, 1.54) is 50.3 Å². The molecule has 3 rings (SSSR count). The van der Waals surface area contributed by atoms with Gasteiger partial charge in [0.1, 0.15) is 0 Å². The molecule has 134 valence electrons. The number of thioether (sulfide) groups is 1. The van der Waals surface area contributed by atoms with Gasteiger partial charge < -0.3 is 10.2 Å². The number of nitrogens with zero attached hydrogens (tertiary/aromatic N) is 3. The van der Waals surface area contributed by atoms with Gasteiger partial charge in [0.25, 0.3) is 0 Å². The zero-order valence-electron chi connectivity index (χ0n) is 14.7. The van der Waals surface area contributed by atoms with Crippen LogP contribution in [0.25, 0.3) is 0 Å². The van der Waals surface area contributed by atoms with Crippen molar-refractivity contribution in [1.82, 2.24) is 15.1 Å². The van der Waals surface area contributed by atoms with Gasteiger partial charge in [-0.25, -0.2) is 0 Å². The summed E-state index contributed by atoms with van der Waals surface area (Å²) in [6.45, 7) is 4.32. The van der Waals surface area contributed by atoms with Crippen LogP contribution in [0.3, 0.4) is 0 Å². The fraction of sp³-hybridized carbons (Fsp3) is 0.824. The third-order valence-corrected chi connectivity index (χ3v) is 7.11. The molecule has 1 saturated carbocycles. The molecule has 0 unspecified atom stereocenters. The predicted molar refractivity (Wildman–Crippen MR) is 101 cm³/mol. The molecule has 1 amide bonds. The van der Waals surface area contributed by atoms with Crippen molar-refractivity contribution in [3.63, 3.8) is 0 Å². The zero-order chi connectivity index (χ0) is 16.9. The van der Waals surface area contributed by atoms with Gasteiger partial charge in [-0.3, -0.25) is 4.79 Å². The van der Waals surface area contributed by atoms with Gasteiger partial charge in [-0.1, -0.05) is 42.4 Å². The Bertz CT molecular complexity index is 534. The van der Waals surface area contributed by atoms with Crippen LogP contribution in [0.4, 0.5) is 5.13 Å². The van der Waals surface area contributed by atoms with Crippen molar-refractivity contribution in [2.75, 3.05) is 11.1 Å². The van der Waals surface area contributed by atoms with Crippen LogP contribution in [-0.4, -0.2) is 44.9 Å². The van der Waals surface area contributed by atoms with E-state index in [1.807, 2.05) is 0 Å². The molecule has 5 nitrogen and oxygen atoms in total. The van der Waals surface area contributed by atoms with Crippen LogP contribution in [0.2, 0.25) is 0 Å². The second-order valence-corrected chi connectivity index (χ2v) is 9.27. The van der Waals surface area contributed by atoms with Crippen molar-refractivity contribution in [3.05, 3.63) is 0 Å². The lowest BCUT2D eigenvalue weighted by atomic mass is 9.96. The van der Waals surface area contributed by atoms with Gasteiger partial charge in [-0.15, -0.1) is 10.2 Å². The van der Waals surface area contributed by atoms with Gasteiger partial charge >= 0.3 is 0 Å². The number of piperidine rings is 1. The highest BCUT2D eigenvalue weighted by Crippen LogP contribution is 2.30. The molecule has 0 aromatic carbocycles. The van der Waals surface area contributed by atoms with E-state index in [4.69, 9.17) is 0 Å². The normalized spacial score (nSPS) is 25.7. The van der Waals surface area contributed by atoms with Crippen LogP contribution in [0.1, 0.15) is 65.2 Å². The first-order valence-electron chi connectivity index (χ1n) is 9.17. The van der Waals surface area contributed by atoms with E-state index in [1.54, 1.807) is 11.3 Å². The molecule has 0 radical (unpaired) electrons. The Labute approximate surface area is 153 Å². The van der Waals surface area contributed by atoms with E-state index in [9.17, 15) is 4.79 Å². The smallest absolute Gasteiger partial charge is 0.233 e. The Hall–Kier alpha value is -0.820. The molecule has 2 atom stereocenters. The molecule has 1 aliphatic carbocycles. The summed E-state index contributed by atoms with van der Waals surface area (Å²) in [4.78, 5) is 14.6. The molecule has 1 aliphatic heterocycles. The molecule has 24 heavy (non-hydrogen) atoms. The van der Waals surface area contributed by atoms with Crippen LogP contribution >= 0.6 is 23.1 Å². The number of hydrogen-bond acceptors (Lipinski definition) is 6. The topological polar surface area (TPSA) is 58.1 Å². The number of carbonyl (C=O) groups is 1. The Morgan fingerprint density at radius 3 is 2.54 bits per heavy atom. The highest BCUT2D eigenvalue weighted by molar-refractivity contribution is 8.01. The maximum absolute atomic E-state index is 12.6. The molecule has 0 bridgehead atoms. The monoisotopic (exact) mass is 368 g/mol. The van der Waals surface area contributed by atoms with Crippen LogP contribution in [0.15, 0.2) is 4.34 Å². The third-order valence-electron chi connectivity index (χ3n) is 5.14. The molecule has 1 aromatic rings. The third kappa shape index (κ3) is 4.63. The first kappa shape index (κ1) is 18.0. The number of likely N-dealkylation sites (tertiary alicyclic amines) is 1. The highest BCUT2D eigenvalue weighted by atomic mass is 32.2. The van der Waals surface area contributed by atoms with Gasteiger partial charge in [0, 0.05) is 18.1 Å². The Morgan fingerprint density at radius 1 is 1.12 bits per heavy atom. The number of aromatic nitrogens is 2. The van der Waals surface area contributed by atoms with Gasteiger partial charge in [-0.2, -0.15) is 0 Å². The van der Waals surface area contributed by atoms with E-state index in [2.05, 4.69) is 34.3 Å². The minimum Gasteiger partial charge on any atom is -0.357 e. The summed E-state index contributed by atoms with van der Waals surface area (Å²) in [5, 5.41) is 12.9. The summed E-state index contributed by atoms with van der Waals surface area (Å²) >= 11 is 3.10. The molecule has 2 heterocycles. The van der Waals surface area contributed by atoms with E-state index in [0.29, 0.717) is 23.9 Å². The summed E-state index contributed by atoms with van der Waals surface area (Å²) < 4.78 is 0.888. The maximum atomic E-state index is 12.6. The van der Waals surface area contributed by atoms with Crippen molar-refractivity contribution in [3.8, 4) is 0 Å². The first-order valence-corrected chi connectivity index (χ1v) is 11.0. The quantitative estimate of drug-likeness (QED) is 0.791. The number of amides is 1. The molecule has 7 heteroatoms. The second kappa shape index (κ2) is 8.52.